The van der Waals surface area contributed by atoms with Crippen LogP contribution >= 0.6 is 0 Å². The molecule has 3 aliphatic carbocycles. The van der Waals surface area contributed by atoms with E-state index in [2.05, 4.69) is 19.2 Å². The SMILES string of the molecule is CC(C)CC(CNC1CC1)CC1CC2CCC1C2. The molecule has 4 atom stereocenters. The molecular formula is C17H31N. The van der Waals surface area contributed by atoms with Gasteiger partial charge < -0.3 is 5.32 Å². The van der Waals surface area contributed by atoms with Crippen LogP contribution in [0.15, 0.2) is 0 Å². The van der Waals surface area contributed by atoms with Gasteiger partial charge in [0.2, 0.25) is 0 Å². The average Bonchev–Trinajstić information content (AvgIpc) is 2.92. The molecule has 0 heterocycles. The monoisotopic (exact) mass is 249 g/mol. The van der Waals surface area contributed by atoms with Crippen LogP contribution in [0.4, 0.5) is 0 Å². The Balaban J connectivity index is 1.48. The van der Waals surface area contributed by atoms with Crippen molar-refractivity contribution in [1.29, 1.82) is 0 Å². The summed E-state index contributed by atoms with van der Waals surface area (Å²) in [5.41, 5.74) is 0. The first kappa shape index (κ1) is 13.0. The quantitative estimate of drug-likeness (QED) is 0.712. The zero-order valence-corrected chi connectivity index (χ0v) is 12.3. The number of rotatable bonds is 7. The highest BCUT2D eigenvalue weighted by Gasteiger charge is 2.40. The van der Waals surface area contributed by atoms with Gasteiger partial charge in [0.25, 0.3) is 0 Å². The van der Waals surface area contributed by atoms with Crippen molar-refractivity contribution in [1.82, 2.24) is 5.32 Å². The van der Waals surface area contributed by atoms with Crippen LogP contribution in [-0.4, -0.2) is 12.6 Å². The predicted octanol–water partition coefficient (Wildman–Crippen LogP) is 4.23. The second kappa shape index (κ2) is 5.53. The minimum absolute atomic E-state index is 0.870. The van der Waals surface area contributed by atoms with Crippen molar-refractivity contribution in [3.05, 3.63) is 0 Å². The van der Waals surface area contributed by atoms with Crippen molar-refractivity contribution in [3.8, 4) is 0 Å². The minimum Gasteiger partial charge on any atom is -0.314 e. The third kappa shape index (κ3) is 3.29. The third-order valence-electron chi connectivity index (χ3n) is 5.60. The molecule has 0 spiro atoms. The number of hydrogen-bond acceptors (Lipinski definition) is 1. The van der Waals surface area contributed by atoms with E-state index in [-0.39, 0.29) is 0 Å². The molecule has 3 saturated carbocycles. The maximum atomic E-state index is 3.78. The van der Waals surface area contributed by atoms with E-state index in [1.54, 1.807) is 25.7 Å². The van der Waals surface area contributed by atoms with Gasteiger partial charge in [-0.15, -0.1) is 0 Å². The molecule has 3 aliphatic rings. The summed E-state index contributed by atoms with van der Waals surface area (Å²) < 4.78 is 0. The standard InChI is InChI=1S/C17H31N/c1-12(2)7-14(11-18-17-5-6-17)10-16-9-13-3-4-15(16)8-13/h12-18H,3-11H2,1-2H3. The van der Waals surface area contributed by atoms with Crippen LogP contribution in [0.25, 0.3) is 0 Å². The van der Waals surface area contributed by atoms with Gasteiger partial charge in [0.15, 0.2) is 0 Å². The Hall–Kier alpha value is -0.0400. The molecule has 0 radical (unpaired) electrons. The lowest BCUT2D eigenvalue weighted by Crippen LogP contribution is -2.28. The highest BCUT2D eigenvalue weighted by molar-refractivity contribution is 4.91. The zero-order chi connectivity index (χ0) is 12.5. The molecule has 0 aliphatic heterocycles. The Morgan fingerprint density at radius 3 is 2.44 bits per heavy atom. The van der Waals surface area contributed by atoms with Crippen LogP contribution in [-0.2, 0) is 0 Å². The summed E-state index contributed by atoms with van der Waals surface area (Å²) in [4.78, 5) is 0. The maximum Gasteiger partial charge on any atom is 0.00683 e. The molecule has 0 amide bonds. The summed E-state index contributed by atoms with van der Waals surface area (Å²) >= 11 is 0. The Bertz CT molecular complexity index is 269. The second-order valence-electron chi connectivity index (χ2n) is 7.85. The molecule has 4 unspecified atom stereocenters. The van der Waals surface area contributed by atoms with E-state index in [4.69, 9.17) is 0 Å². The van der Waals surface area contributed by atoms with E-state index >= 15 is 0 Å². The number of hydrogen-bond donors (Lipinski definition) is 1. The maximum absolute atomic E-state index is 3.78. The lowest BCUT2D eigenvalue weighted by atomic mass is 9.80. The Morgan fingerprint density at radius 1 is 1.06 bits per heavy atom. The third-order valence-corrected chi connectivity index (χ3v) is 5.60. The number of fused-ring (bicyclic) bond motifs is 2. The Kier molecular flexibility index (Phi) is 3.98. The van der Waals surface area contributed by atoms with E-state index < -0.39 is 0 Å². The van der Waals surface area contributed by atoms with E-state index in [9.17, 15) is 0 Å². The molecular weight excluding hydrogens is 218 g/mol. The fourth-order valence-corrected chi connectivity index (χ4v) is 4.64. The van der Waals surface area contributed by atoms with Gasteiger partial charge >= 0.3 is 0 Å². The van der Waals surface area contributed by atoms with Crippen LogP contribution in [0.3, 0.4) is 0 Å². The molecule has 0 aromatic heterocycles. The first-order valence-electron chi connectivity index (χ1n) is 8.44. The first-order chi connectivity index (χ1) is 8.70. The normalized spacial score (nSPS) is 36.5. The van der Waals surface area contributed by atoms with Crippen molar-refractivity contribution in [3.63, 3.8) is 0 Å². The summed E-state index contributed by atoms with van der Waals surface area (Å²) in [6.45, 7) is 6.09. The molecule has 18 heavy (non-hydrogen) atoms. The highest BCUT2D eigenvalue weighted by Crippen LogP contribution is 2.50. The van der Waals surface area contributed by atoms with Gasteiger partial charge in [-0.25, -0.2) is 0 Å². The van der Waals surface area contributed by atoms with Gasteiger partial charge in [0, 0.05) is 6.04 Å². The topological polar surface area (TPSA) is 12.0 Å². The fraction of sp³-hybridized carbons (Fsp3) is 1.00. The molecule has 104 valence electrons. The smallest absolute Gasteiger partial charge is 0.00683 e. The predicted molar refractivity (Wildman–Crippen MR) is 77.5 cm³/mol. The summed E-state index contributed by atoms with van der Waals surface area (Å²) in [7, 11) is 0. The van der Waals surface area contributed by atoms with Crippen molar-refractivity contribution in [2.24, 2.45) is 29.6 Å². The van der Waals surface area contributed by atoms with E-state index in [0.29, 0.717) is 0 Å². The van der Waals surface area contributed by atoms with Gasteiger partial charge in [-0.1, -0.05) is 20.3 Å². The Labute approximate surface area is 113 Å². The molecule has 3 fully saturated rings. The van der Waals surface area contributed by atoms with E-state index in [0.717, 1.165) is 35.6 Å². The molecule has 0 aromatic carbocycles. The van der Waals surface area contributed by atoms with Crippen LogP contribution in [0.5, 0.6) is 0 Å². The highest BCUT2D eigenvalue weighted by atomic mass is 14.9. The van der Waals surface area contributed by atoms with Crippen LogP contribution < -0.4 is 5.32 Å². The van der Waals surface area contributed by atoms with Gasteiger partial charge in [-0.3, -0.25) is 0 Å². The lowest BCUT2D eigenvalue weighted by Gasteiger charge is -2.28. The summed E-state index contributed by atoms with van der Waals surface area (Å²) in [5.74, 6) is 5.15. The van der Waals surface area contributed by atoms with Gasteiger partial charge in [-0.05, 0) is 81.1 Å². The summed E-state index contributed by atoms with van der Waals surface area (Å²) in [6.07, 6.45) is 12.1. The van der Waals surface area contributed by atoms with E-state index in [1.807, 2.05) is 0 Å². The lowest BCUT2D eigenvalue weighted by molar-refractivity contribution is 0.242. The average molecular weight is 249 g/mol. The summed E-state index contributed by atoms with van der Waals surface area (Å²) in [6, 6.07) is 0.889. The second-order valence-corrected chi connectivity index (χ2v) is 7.85. The van der Waals surface area contributed by atoms with Crippen molar-refractivity contribution >= 4 is 0 Å². The molecule has 1 nitrogen and oxygen atoms in total. The minimum atomic E-state index is 0.870. The number of nitrogens with one attached hydrogen (secondary N) is 1. The summed E-state index contributed by atoms with van der Waals surface area (Å²) in [5, 5.41) is 3.78. The first-order valence-corrected chi connectivity index (χ1v) is 8.44. The fourth-order valence-electron chi connectivity index (χ4n) is 4.64. The molecule has 1 N–H and O–H groups in total. The van der Waals surface area contributed by atoms with Crippen molar-refractivity contribution in [2.45, 2.75) is 71.3 Å². The molecule has 0 aromatic rings. The largest absolute Gasteiger partial charge is 0.314 e. The molecule has 3 rings (SSSR count). The van der Waals surface area contributed by atoms with Gasteiger partial charge in [-0.2, -0.15) is 0 Å². The van der Waals surface area contributed by atoms with Crippen LogP contribution in [0.2, 0.25) is 0 Å². The molecule has 0 saturated heterocycles. The Morgan fingerprint density at radius 2 is 1.89 bits per heavy atom. The van der Waals surface area contributed by atoms with Crippen molar-refractivity contribution < 1.29 is 0 Å². The zero-order valence-electron chi connectivity index (χ0n) is 12.3. The molecule has 2 bridgehead atoms. The van der Waals surface area contributed by atoms with E-state index in [1.165, 1.54) is 32.2 Å². The van der Waals surface area contributed by atoms with Gasteiger partial charge in [0.1, 0.15) is 0 Å². The van der Waals surface area contributed by atoms with Crippen LogP contribution in [0.1, 0.15) is 65.2 Å². The van der Waals surface area contributed by atoms with Gasteiger partial charge in [0.05, 0.1) is 0 Å². The van der Waals surface area contributed by atoms with Crippen molar-refractivity contribution in [2.75, 3.05) is 6.54 Å². The molecule has 1 heteroatoms. The van der Waals surface area contributed by atoms with Crippen LogP contribution in [0, 0.1) is 29.6 Å².